The minimum Gasteiger partial charge on any atom is -0.472 e. The third-order valence-corrected chi connectivity index (χ3v) is 3.81. The molecule has 1 saturated heterocycles. The lowest BCUT2D eigenvalue weighted by atomic mass is 10.1. The molecule has 1 aliphatic heterocycles. The van der Waals surface area contributed by atoms with Crippen LogP contribution in [-0.4, -0.2) is 58.3 Å². The second kappa shape index (κ2) is 7.42. The van der Waals surface area contributed by atoms with Crippen LogP contribution in [0.25, 0.3) is 0 Å². The molecule has 1 aromatic heterocycles. The number of likely N-dealkylation sites (tertiary alicyclic amines) is 1. The summed E-state index contributed by atoms with van der Waals surface area (Å²) in [6.07, 6.45) is 3.07. The molecule has 0 spiro atoms. The second-order valence-electron chi connectivity index (χ2n) is 5.47. The number of aliphatic hydroxyl groups excluding tert-OH is 2. The van der Waals surface area contributed by atoms with Crippen molar-refractivity contribution in [2.24, 2.45) is 0 Å². The topological polar surface area (TPSA) is 103 Å². The quantitative estimate of drug-likeness (QED) is 0.648. The van der Waals surface area contributed by atoms with Gasteiger partial charge in [0.25, 0.3) is 5.91 Å². The first-order chi connectivity index (χ1) is 10.6. The number of carbonyl (C=O) groups excluding carboxylic acids is 2. The van der Waals surface area contributed by atoms with Gasteiger partial charge in [0, 0.05) is 6.54 Å². The molecule has 2 heterocycles. The van der Waals surface area contributed by atoms with E-state index in [9.17, 15) is 19.8 Å². The van der Waals surface area contributed by atoms with Crippen LogP contribution >= 0.6 is 0 Å². The Morgan fingerprint density at radius 1 is 1.41 bits per heavy atom. The fraction of sp³-hybridized carbons (Fsp3) is 0.600. The van der Waals surface area contributed by atoms with E-state index in [1.165, 1.54) is 23.5 Å². The molecular weight excluding hydrogens is 288 g/mol. The van der Waals surface area contributed by atoms with Gasteiger partial charge in [-0.15, -0.1) is 0 Å². The van der Waals surface area contributed by atoms with Crippen LogP contribution in [0.15, 0.2) is 23.0 Å². The summed E-state index contributed by atoms with van der Waals surface area (Å²) in [4.78, 5) is 25.8. The monoisotopic (exact) mass is 310 g/mol. The van der Waals surface area contributed by atoms with Crippen LogP contribution in [0.5, 0.6) is 0 Å². The van der Waals surface area contributed by atoms with Gasteiger partial charge in [0.15, 0.2) is 0 Å². The molecule has 0 saturated carbocycles. The summed E-state index contributed by atoms with van der Waals surface area (Å²) in [7, 11) is 0. The number of hydrogen-bond donors (Lipinski definition) is 3. The summed E-state index contributed by atoms with van der Waals surface area (Å²) in [5.41, 5.74) is 0.282. The van der Waals surface area contributed by atoms with Crippen molar-refractivity contribution in [2.45, 2.75) is 44.4 Å². The lowest BCUT2D eigenvalue weighted by molar-refractivity contribution is -0.128. The van der Waals surface area contributed by atoms with Gasteiger partial charge in [-0.05, 0) is 12.5 Å². The van der Waals surface area contributed by atoms with Crippen LogP contribution in [0, 0.1) is 0 Å². The summed E-state index contributed by atoms with van der Waals surface area (Å²) in [5.74, 6) is -0.893. The Kier molecular flexibility index (Phi) is 5.57. The van der Waals surface area contributed by atoms with Gasteiger partial charge in [-0.2, -0.15) is 0 Å². The molecule has 1 unspecified atom stereocenters. The molecule has 7 heteroatoms. The van der Waals surface area contributed by atoms with E-state index < -0.39 is 30.1 Å². The largest absolute Gasteiger partial charge is 0.472 e. The first-order valence-electron chi connectivity index (χ1n) is 7.53. The van der Waals surface area contributed by atoms with E-state index in [0.717, 1.165) is 19.3 Å². The van der Waals surface area contributed by atoms with Gasteiger partial charge in [-0.3, -0.25) is 9.59 Å². The first kappa shape index (κ1) is 16.5. The number of rotatable bonds is 6. The molecule has 3 atom stereocenters. The molecule has 0 aliphatic carbocycles. The predicted octanol–water partition coefficient (Wildman–Crippen LogP) is 0.132. The Morgan fingerprint density at radius 2 is 2.18 bits per heavy atom. The number of β-amino-alcohol motifs (C(OH)–C–C–N with tert-alkyl or cyclic N) is 1. The van der Waals surface area contributed by atoms with Crippen molar-refractivity contribution in [1.82, 2.24) is 10.2 Å². The molecule has 122 valence electrons. The number of carbonyl (C=O) groups is 2. The molecule has 22 heavy (non-hydrogen) atoms. The van der Waals surface area contributed by atoms with Gasteiger partial charge in [-0.1, -0.05) is 19.8 Å². The van der Waals surface area contributed by atoms with Crippen LogP contribution in [-0.2, 0) is 4.79 Å². The van der Waals surface area contributed by atoms with E-state index in [0.29, 0.717) is 6.54 Å². The van der Waals surface area contributed by atoms with Gasteiger partial charge in [0.1, 0.15) is 24.5 Å². The zero-order valence-electron chi connectivity index (χ0n) is 12.6. The number of furan rings is 1. The Labute approximate surface area is 128 Å². The van der Waals surface area contributed by atoms with Crippen LogP contribution in [0.3, 0.4) is 0 Å². The number of hydrogen-bond acceptors (Lipinski definition) is 5. The van der Waals surface area contributed by atoms with Crippen molar-refractivity contribution in [2.75, 3.05) is 13.1 Å². The van der Waals surface area contributed by atoms with Crippen molar-refractivity contribution in [3.63, 3.8) is 0 Å². The minimum absolute atomic E-state index is 0.0851. The van der Waals surface area contributed by atoms with Gasteiger partial charge in [-0.25, -0.2) is 0 Å². The number of aliphatic hydroxyl groups is 2. The van der Waals surface area contributed by atoms with Crippen molar-refractivity contribution in [3.05, 3.63) is 24.2 Å². The van der Waals surface area contributed by atoms with Crippen LogP contribution < -0.4 is 5.32 Å². The molecule has 2 rings (SSSR count). The van der Waals surface area contributed by atoms with Crippen molar-refractivity contribution in [3.8, 4) is 0 Å². The smallest absolute Gasteiger partial charge is 0.257 e. The Bertz CT molecular complexity index is 502. The van der Waals surface area contributed by atoms with E-state index >= 15 is 0 Å². The highest BCUT2D eigenvalue weighted by Gasteiger charge is 2.46. The Morgan fingerprint density at radius 3 is 2.82 bits per heavy atom. The molecular formula is C15H22N2O5. The molecule has 7 nitrogen and oxygen atoms in total. The highest BCUT2D eigenvalue weighted by atomic mass is 16.3. The van der Waals surface area contributed by atoms with Crippen molar-refractivity contribution in [1.29, 1.82) is 0 Å². The van der Waals surface area contributed by atoms with Crippen LogP contribution in [0.4, 0.5) is 0 Å². The summed E-state index contributed by atoms with van der Waals surface area (Å²) in [6.45, 7) is 2.46. The molecule has 0 bridgehead atoms. The van der Waals surface area contributed by atoms with Crippen LogP contribution in [0.2, 0.25) is 0 Å². The molecule has 1 fully saturated rings. The van der Waals surface area contributed by atoms with E-state index in [-0.39, 0.29) is 12.1 Å². The normalized spacial score (nSPS) is 24.5. The van der Waals surface area contributed by atoms with E-state index in [1.54, 1.807) is 0 Å². The SMILES string of the molecule is CCCCCNC(=O)C1[C@H](O)[C@@H](O)CN1C(=O)c1ccoc1. The average Bonchev–Trinajstić information content (AvgIpc) is 3.12. The van der Waals surface area contributed by atoms with Gasteiger partial charge >= 0.3 is 0 Å². The van der Waals surface area contributed by atoms with Crippen molar-refractivity contribution >= 4 is 11.8 Å². The van der Waals surface area contributed by atoms with E-state index in [4.69, 9.17) is 4.42 Å². The average molecular weight is 310 g/mol. The summed E-state index contributed by atoms with van der Waals surface area (Å²) in [5, 5.41) is 22.5. The predicted molar refractivity (Wildman–Crippen MR) is 78.1 cm³/mol. The maximum Gasteiger partial charge on any atom is 0.257 e. The first-order valence-corrected chi connectivity index (χ1v) is 7.53. The number of nitrogens with zero attached hydrogens (tertiary/aromatic N) is 1. The zero-order chi connectivity index (χ0) is 16.1. The zero-order valence-corrected chi connectivity index (χ0v) is 12.6. The number of unbranched alkanes of at least 4 members (excludes halogenated alkanes) is 2. The minimum atomic E-state index is -1.29. The second-order valence-corrected chi connectivity index (χ2v) is 5.47. The molecule has 0 radical (unpaired) electrons. The summed E-state index contributed by atoms with van der Waals surface area (Å²) < 4.78 is 4.86. The fourth-order valence-corrected chi connectivity index (χ4v) is 2.57. The van der Waals surface area contributed by atoms with Crippen LogP contribution in [0.1, 0.15) is 36.5 Å². The highest BCUT2D eigenvalue weighted by molar-refractivity contribution is 5.98. The van der Waals surface area contributed by atoms with Gasteiger partial charge in [0.05, 0.1) is 18.4 Å². The summed E-state index contributed by atoms with van der Waals surface area (Å²) in [6, 6.07) is 0.398. The molecule has 0 aromatic carbocycles. The third kappa shape index (κ3) is 3.48. The third-order valence-electron chi connectivity index (χ3n) is 3.81. The number of amides is 2. The Balaban J connectivity index is 2.04. The highest BCUT2D eigenvalue weighted by Crippen LogP contribution is 2.22. The fourth-order valence-electron chi connectivity index (χ4n) is 2.57. The maximum atomic E-state index is 12.4. The van der Waals surface area contributed by atoms with E-state index in [2.05, 4.69) is 12.2 Å². The lowest BCUT2D eigenvalue weighted by Crippen LogP contribution is -2.50. The van der Waals surface area contributed by atoms with E-state index in [1.807, 2.05) is 0 Å². The standard InChI is InChI=1S/C15H22N2O5/c1-2-3-4-6-16-14(20)12-13(19)11(18)8-17(12)15(21)10-5-7-22-9-10/h5,7,9,11-13,18-19H,2-4,6,8H2,1H3,(H,16,20)/t11-,12?,13+/m0/s1. The lowest BCUT2D eigenvalue weighted by Gasteiger charge is -2.24. The Hall–Kier alpha value is -1.86. The molecule has 1 aromatic rings. The van der Waals surface area contributed by atoms with Gasteiger partial charge in [0.2, 0.25) is 5.91 Å². The summed E-state index contributed by atoms with van der Waals surface area (Å²) >= 11 is 0. The number of nitrogens with one attached hydrogen (secondary N) is 1. The van der Waals surface area contributed by atoms with Crippen molar-refractivity contribution < 1.29 is 24.2 Å². The maximum absolute atomic E-state index is 12.4. The van der Waals surface area contributed by atoms with Gasteiger partial charge < -0.3 is 24.8 Å². The molecule has 1 aliphatic rings. The molecule has 3 N–H and O–H groups in total. The molecule has 2 amide bonds.